The molecule has 2 rings (SSSR count). The predicted octanol–water partition coefficient (Wildman–Crippen LogP) is 3.51. The van der Waals surface area contributed by atoms with Crippen LogP contribution in [0.25, 0.3) is 0 Å². The van der Waals surface area contributed by atoms with Gasteiger partial charge in [0.1, 0.15) is 11.9 Å². The molecule has 0 radical (unpaired) electrons. The van der Waals surface area contributed by atoms with Crippen LogP contribution in [0.15, 0.2) is 54.6 Å². The van der Waals surface area contributed by atoms with Gasteiger partial charge in [0, 0.05) is 6.04 Å². The third kappa shape index (κ3) is 5.79. The first-order valence-electron chi connectivity index (χ1n) is 9.32. The molecule has 0 aliphatic rings. The van der Waals surface area contributed by atoms with E-state index in [4.69, 9.17) is 0 Å². The van der Waals surface area contributed by atoms with E-state index in [0.29, 0.717) is 6.42 Å². The Balaban J connectivity index is 2.14. The number of carbonyl (C=O) groups excluding carboxylic acids is 1. The molecule has 2 aromatic carbocycles. The van der Waals surface area contributed by atoms with Crippen molar-refractivity contribution in [1.29, 1.82) is 0 Å². The predicted molar refractivity (Wildman–Crippen MR) is 110 cm³/mol. The minimum atomic E-state index is -3.86. The summed E-state index contributed by atoms with van der Waals surface area (Å²) in [6.07, 6.45) is 2.71. The summed E-state index contributed by atoms with van der Waals surface area (Å²) in [5, 5.41) is 2.88. The number of hydrogen-bond donors (Lipinski definition) is 1. The molecule has 0 aromatic heterocycles. The van der Waals surface area contributed by atoms with Crippen molar-refractivity contribution in [3.8, 4) is 0 Å². The first-order valence-corrected chi connectivity index (χ1v) is 11.2. The molecule has 28 heavy (non-hydrogen) atoms. The Labute approximate surface area is 166 Å². The molecule has 2 aromatic rings. The fraction of sp³-hybridized carbons (Fsp3) is 0.381. The average Bonchev–Trinajstić information content (AvgIpc) is 2.65. The lowest BCUT2D eigenvalue weighted by molar-refractivity contribution is -0.122. The maximum absolute atomic E-state index is 14.3. The van der Waals surface area contributed by atoms with Crippen LogP contribution in [0, 0.1) is 5.82 Å². The number of rotatable bonds is 9. The lowest BCUT2D eigenvalue weighted by Gasteiger charge is -2.31. The summed E-state index contributed by atoms with van der Waals surface area (Å²) < 4.78 is 39.9. The Morgan fingerprint density at radius 2 is 1.71 bits per heavy atom. The number of anilines is 1. The normalized spacial score (nSPS) is 13.6. The van der Waals surface area contributed by atoms with E-state index in [1.807, 2.05) is 37.3 Å². The highest BCUT2D eigenvalue weighted by Crippen LogP contribution is 2.25. The molecule has 2 unspecified atom stereocenters. The van der Waals surface area contributed by atoms with Crippen LogP contribution in [0.2, 0.25) is 0 Å². The fourth-order valence-electron chi connectivity index (χ4n) is 3.10. The van der Waals surface area contributed by atoms with Crippen LogP contribution in [0.3, 0.4) is 0 Å². The second-order valence-corrected chi connectivity index (χ2v) is 8.73. The van der Waals surface area contributed by atoms with E-state index in [1.54, 1.807) is 13.0 Å². The topological polar surface area (TPSA) is 66.5 Å². The van der Waals surface area contributed by atoms with Gasteiger partial charge in [-0.15, -0.1) is 0 Å². The van der Waals surface area contributed by atoms with Gasteiger partial charge in [0.15, 0.2) is 0 Å². The number of aryl methyl sites for hydroxylation is 1. The fourth-order valence-corrected chi connectivity index (χ4v) is 4.32. The van der Waals surface area contributed by atoms with Crippen LogP contribution in [0.4, 0.5) is 10.1 Å². The van der Waals surface area contributed by atoms with E-state index < -0.39 is 27.8 Å². The zero-order valence-electron chi connectivity index (χ0n) is 16.4. The van der Waals surface area contributed by atoms with Gasteiger partial charge in [0.2, 0.25) is 15.9 Å². The lowest BCUT2D eigenvalue weighted by atomic mass is 10.1. The SMILES string of the molecule is CCC(C(=O)NC(C)CCc1ccccc1)N(c1ccccc1F)S(C)(=O)=O. The number of sulfonamides is 1. The number of amides is 1. The van der Waals surface area contributed by atoms with E-state index in [-0.39, 0.29) is 18.2 Å². The van der Waals surface area contributed by atoms with Gasteiger partial charge < -0.3 is 5.32 Å². The quantitative estimate of drug-likeness (QED) is 0.693. The number of nitrogens with zero attached hydrogens (tertiary/aromatic N) is 1. The Hall–Kier alpha value is -2.41. The van der Waals surface area contributed by atoms with Gasteiger partial charge in [-0.3, -0.25) is 9.10 Å². The molecule has 2 atom stereocenters. The number of benzene rings is 2. The largest absolute Gasteiger partial charge is 0.352 e. The molecule has 152 valence electrons. The molecule has 0 bridgehead atoms. The smallest absolute Gasteiger partial charge is 0.244 e. The Morgan fingerprint density at radius 3 is 2.29 bits per heavy atom. The monoisotopic (exact) mass is 406 g/mol. The van der Waals surface area contributed by atoms with Crippen molar-refractivity contribution < 1.29 is 17.6 Å². The third-order valence-electron chi connectivity index (χ3n) is 4.52. The highest BCUT2D eigenvalue weighted by atomic mass is 32.2. The van der Waals surface area contributed by atoms with E-state index in [0.717, 1.165) is 17.0 Å². The molecule has 5 nitrogen and oxygen atoms in total. The van der Waals surface area contributed by atoms with Gasteiger partial charge in [-0.05, 0) is 43.9 Å². The molecule has 1 amide bonds. The zero-order chi connectivity index (χ0) is 20.7. The van der Waals surface area contributed by atoms with Crippen LogP contribution in [0.5, 0.6) is 0 Å². The van der Waals surface area contributed by atoms with Crippen molar-refractivity contribution in [2.24, 2.45) is 0 Å². The average molecular weight is 407 g/mol. The summed E-state index contributed by atoms with van der Waals surface area (Å²) >= 11 is 0. The van der Waals surface area contributed by atoms with Crippen molar-refractivity contribution in [3.63, 3.8) is 0 Å². The van der Waals surface area contributed by atoms with Crippen molar-refractivity contribution in [2.75, 3.05) is 10.6 Å². The second-order valence-electron chi connectivity index (χ2n) is 6.87. The molecule has 0 saturated carbocycles. The van der Waals surface area contributed by atoms with Gasteiger partial charge in [-0.1, -0.05) is 49.4 Å². The molecule has 0 aliphatic heterocycles. The number of hydrogen-bond acceptors (Lipinski definition) is 3. The summed E-state index contributed by atoms with van der Waals surface area (Å²) in [6, 6.07) is 14.3. The van der Waals surface area contributed by atoms with Crippen LogP contribution in [-0.4, -0.2) is 32.7 Å². The van der Waals surface area contributed by atoms with Gasteiger partial charge in [0.25, 0.3) is 0 Å². The molecule has 0 aliphatic carbocycles. The van der Waals surface area contributed by atoms with Gasteiger partial charge >= 0.3 is 0 Å². The van der Waals surface area contributed by atoms with Crippen molar-refractivity contribution in [3.05, 3.63) is 66.0 Å². The highest BCUT2D eigenvalue weighted by molar-refractivity contribution is 7.92. The summed E-state index contributed by atoms with van der Waals surface area (Å²) in [5.41, 5.74) is 1.05. The summed E-state index contributed by atoms with van der Waals surface area (Å²) in [7, 11) is -3.86. The first-order chi connectivity index (χ1) is 13.2. The third-order valence-corrected chi connectivity index (χ3v) is 5.68. The second kappa shape index (κ2) is 9.68. The maximum atomic E-state index is 14.3. The summed E-state index contributed by atoms with van der Waals surface area (Å²) in [5.74, 6) is -1.12. The van der Waals surface area contributed by atoms with Crippen molar-refractivity contribution >= 4 is 21.6 Å². The first kappa shape index (κ1) is 21.9. The molecule has 0 heterocycles. The molecule has 0 saturated heterocycles. The van der Waals surface area contributed by atoms with Crippen molar-refractivity contribution in [1.82, 2.24) is 5.32 Å². The maximum Gasteiger partial charge on any atom is 0.244 e. The summed E-state index contributed by atoms with van der Waals surface area (Å²) in [6.45, 7) is 3.58. The van der Waals surface area contributed by atoms with Crippen molar-refractivity contribution in [2.45, 2.75) is 45.2 Å². The molecular formula is C21H27FN2O3S. The zero-order valence-corrected chi connectivity index (χ0v) is 17.2. The molecule has 0 spiro atoms. The van der Waals surface area contributed by atoms with E-state index >= 15 is 0 Å². The lowest BCUT2D eigenvalue weighted by Crippen LogP contribution is -2.51. The summed E-state index contributed by atoms with van der Waals surface area (Å²) in [4.78, 5) is 12.8. The highest BCUT2D eigenvalue weighted by Gasteiger charge is 2.33. The van der Waals surface area contributed by atoms with Gasteiger partial charge in [0.05, 0.1) is 11.9 Å². The van der Waals surface area contributed by atoms with Gasteiger partial charge in [-0.2, -0.15) is 0 Å². The van der Waals surface area contributed by atoms with E-state index in [1.165, 1.54) is 23.8 Å². The van der Waals surface area contributed by atoms with Crippen LogP contribution < -0.4 is 9.62 Å². The van der Waals surface area contributed by atoms with Gasteiger partial charge in [-0.25, -0.2) is 12.8 Å². The number of carbonyl (C=O) groups is 1. The minimum Gasteiger partial charge on any atom is -0.352 e. The van der Waals surface area contributed by atoms with Crippen LogP contribution in [0.1, 0.15) is 32.3 Å². The Kier molecular flexibility index (Phi) is 7.57. The number of para-hydroxylation sites is 1. The molecule has 7 heteroatoms. The minimum absolute atomic E-state index is 0.121. The van der Waals surface area contributed by atoms with E-state index in [9.17, 15) is 17.6 Å². The van der Waals surface area contributed by atoms with E-state index in [2.05, 4.69) is 5.32 Å². The molecule has 1 N–H and O–H groups in total. The van der Waals surface area contributed by atoms with Crippen LogP contribution in [-0.2, 0) is 21.2 Å². The standard InChI is InChI=1S/C21H27FN2O3S/c1-4-19(24(28(3,26)27)20-13-9-8-12-18(20)22)21(25)23-16(2)14-15-17-10-6-5-7-11-17/h5-13,16,19H,4,14-15H2,1-3H3,(H,23,25). The van der Waals surface area contributed by atoms with Crippen LogP contribution >= 0.6 is 0 Å². The molecular weight excluding hydrogens is 379 g/mol. The Morgan fingerprint density at radius 1 is 1.11 bits per heavy atom. The number of nitrogens with one attached hydrogen (secondary N) is 1. The molecule has 0 fully saturated rings. The number of halogens is 1. The Bertz CT molecular complexity index is 888.